The van der Waals surface area contributed by atoms with E-state index in [1.165, 1.54) is 5.56 Å². The van der Waals surface area contributed by atoms with Crippen LogP contribution in [-0.4, -0.2) is 13.0 Å². The van der Waals surface area contributed by atoms with Crippen LogP contribution in [0.1, 0.15) is 41.3 Å². The number of hydrogen-bond acceptors (Lipinski definition) is 3. The maximum Gasteiger partial charge on any atom is 0.255 e. The molecule has 4 nitrogen and oxygen atoms in total. The molecule has 1 N–H and O–H groups in total. The van der Waals surface area contributed by atoms with E-state index in [0.717, 1.165) is 17.0 Å². The first-order valence-corrected chi connectivity index (χ1v) is 9.33. The second-order valence-corrected chi connectivity index (χ2v) is 6.86. The number of para-hydroxylation sites is 1. The van der Waals surface area contributed by atoms with Gasteiger partial charge in [0.1, 0.15) is 18.1 Å². The van der Waals surface area contributed by atoms with Crippen molar-refractivity contribution < 1.29 is 14.3 Å². The van der Waals surface area contributed by atoms with Crippen molar-refractivity contribution in [2.24, 2.45) is 0 Å². The van der Waals surface area contributed by atoms with Crippen molar-refractivity contribution in [3.05, 3.63) is 89.5 Å². The van der Waals surface area contributed by atoms with Crippen molar-refractivity contribution in [1.82, 2.24) is 0 Å². The molecule has 0 radical (unpaired) electrons. The molecule has 1 amide bonds. The van der Waals surface area contributed by atoms with Gasteiger partial charge in [0.2, 0.25) is 0 Å². The maximum atomic E-state index is 12.7. The largest absolute Gasteiger partial charge is 0.496 e. The highest BCUT2D eigenvalue weighted by Crippen LogP contribution is 2.23. The Kier molecular flexibility index (Phi) is 6.33. The van der Waals surface area contributed by atoms with Gasteiger partial charge in [0.05, 0.1) is 7.11 Å². The number of amides is 1. The Bertz CT molecular complexity index is 918. The van der Waals surface area contributed by atoms with Gasteiger partial charge in [-0.25, -0.2) is 0 Å². The molecular weight excluding hydrogens is 350 g/mol. The predicted molar refractivity (Wildman–Crippen MR) is 112 cm³/mol. The topological polar surface area (TPSA) is 47.6 Å². The Labute approximate surface area is 166 Å². The molecule has 3 aromatic rings. The third-order valence-electron chi connectivity index (χ3n) is 4.52. The van der Waals surface area contributed by atoms with E-state index in [-0.39, 0.29) is 5.91 Å². The summed E-state index contributed by atoms with van der Waals surface area (Å²) in [6.45, 7) is 4.60. The molecule has 144 valence electrons. The summed E-state index contributed by atoms with van der Waals surface area (Å²) in [5.74, 6) is 1.75. The molecule has 0 bridgehead atoms. The highest BCUT2D eigenvalue weighted by Gasteiger charge is 2.12. The fourth-order valence-electron chi connectivity index (χ4n) is 2.87. The lowest BCUT2D eigenvalue weighted by Gasteiger charge is -2.13. The summed E-state index contributed by atoms with van der Waals surface area (Å²) in [6.07, 6.45) is 0. The van der Waals surface area contributed by atoms with Crippen LogP contribution >= 0.6 is 0 Å². The number of methoxy groups -OCH3 is 1. The van der Waals surface area contributed by atoms with Gasteiger partial charge in [-0.1, -0.05) is 44.2 Å². The fourth-order valence-corrected chi connectivity index (χ4v) is 2.87. The van der Waals surface area contributed by atoms with E-state index >= 15 is 0 Å². The molecule has 0 aromatic heterocycles. The van der Waals surface area contributed by atoms with Crippen LogP contribution in [0.4, 0.5) is 5.69 Å². The molecule has 0 fully saturated rings. The zero-order valence-corrected chi connectivity index (χ0v) is 16.4. The molecule has 0 atom stereocenters. The van der Waals surface area contributed by atoms with Crippen LogP contribution in [0.25, 0.3) is 0 Å². The molecule has 0 aliphatic carbocycles. The molecule has 0 saturated heterocycles. The van der Waals surface area contributed by atoms with E-state index in [1.54, 1.807) is 25.3 Å². The van der Waals surface area contributed by atoms with Gasteiger partial charge in [-0.15, -0.1) is 0 Å². The first-order valence-electron chi connectivity index (χ1n) is 9.33. The zero-order valence-electron chi connectivity index (χ0n) is 16.4. The van der Waals surface area contributed by atoms with E-state index in [2.05, 4.69) is 19.2 Å². The molecule has 4 heteroatoms. The lowest BCUT2D eigenvalue weighted by atomic mass is 10.0. The number of anilines is 1. The molecule has 3 rings (SSSR count). The van der Waals surface area contributed by atoms with E-state index in [1.807, 2.05) is 54.6 Å². The standard InChI is InChI=1S/C24H25NO3/c1-17(2)18-9-12-21(13-10-18)25-24(26)19-11-14-23(27-3)20(15-19)16-28-22-7-5-4-6-8-22/h4-15,17H,16H2,1-3H3,(H,25,26). The van der Waals surface area contributed by atoms with Gasteiger partial charge in [-0.2, -0.15) is 0 Å². The number of rotatable bonds is 7. The smallest absolute Gasteiger partial charge is 0.255 e. The second kappa shape index (κ2) is 9.09. The van der Waals surface area contributed by atoms with Crippen LogP contribution in [0.3, 0.4) is 0 Å². The molecular formula is C24H25NO3. The van der Waals surface area contributed by atoms with Crippen LogP contribution in [0.2, 0.25) is 0 Å². The summed E-state index contributed by atoms with van der Waals surface area (Å²) >= 11 is 0. The quantitative estimate of drug-likeness (QED) is 0.580. The molecule has 0 spiro atoms. The van der Waals surface area contributed by atoms with Gasteiger partial charge in [0, 0.05) is 16.8 Å². The highest BCUT2D eigenvalue weighted by molar-refractivity contribution is 6.04. The SMILES string of the molecule is COc1ccc(C(=O)Nc2ccc(C(C)C)cc2)cc1COc1ccccc1. The van der Waals surface area contributed by atoms with Gasteiger partial charge >= 0.3 is 0 Å². The van der Waals surface area contributed by atoms with Crippen LogP contribution < -0.4 is 14.8 Å². The van der Waals surface area contributed by atoms with E-state index < -0.39 is 0 Å². The molecule has 0 unspecified atom stereocenters. The minimum Gasteiger partial charge on any atom is -0.496 e. The van der Waals surface area contributed by atoms with Crippen molar-refractivity contribution in [2.45, 2.75) is 26.4 Å². The van der Waals surface area contributed by atoms with Gasteiger partial charge in [-0.3, -0.25) is 4.79 Å². The summed E-state index contributed by atoms with van der Waals surface area (Å²) in [7, 11) is 1.61. The molecule has 0 aliphatic rings. The summed E-state index contributed by atoms with van der Waals surface area (Å²) < 4.78 is 11.2. The first-order chi connectivity index (χ1) is 13.6. The summed E-state index contributed by atoms with van der Waals surface area (Å²) in [4.78, 5) is 12.7. The first kappa shape index (κ1) is 19.5. The van der Waals surface area contributed by atoms with E-state index in [0.29, 0.717) is 23.8 Å². The Morgan fingerprint density at radius 2 is 1.68 bits per heavy atom. The van der Waals surface area contributed by atoms with Crippen molar-refractivity contribution in [1.29, 1.82) is 0 Å². The maximum absolute atomic E-state index is 12.7. The number of carbonyl (C=O) groups excluding carboxylic acids is 1. The number of nitrogens with one attached hydrogen (secondary N) is 1. The van der Waals surface area contributed by atoms with Crippen molar-refractivity contribution in [3.63, 3.8) is 0 Å². The van der Waals surface area contributed by atoms with E-state index in [9.17, 15) is 4.79 Å². The normalized spacial score (nSPS) is 10.6. The minimum absolute atomic E-state index is 0.166. The Hall–Kier alpha value is -3.27. The predicted octanol–water partition coefficient (Wildman–Crippen LogP) is 5.65. The van der Waals surface area contributed by atoms with Crippen LogP contribution in [0.15, 0.2) is 72.8 Å². The number of ether oxygens (including phenoxy) is 2. The van der Waals surface area contributed by atoms with E-state index in [4.69, 9.17) is 9.47 Å². The number of hydrogen-bond donors (Lipinski definition) is 1. The van der Waals surface area contributed by atoms with Gasteiger partial charge < -0.3 is 14.8 Å². The Morgan fingerprint density at radius 3 is 2.32 bits per heavy atom. The van der Waals surface area contributed by atoms with Crippen molar-refractivity contribution in [2.75, 3.05) is 12.4 Å². The Balaban J connectivity index is 1.73. The zero-order chi connectivity index (χ0) is 19.9. The van der Waals surface area contributed by atoms with Gasteiger partial charge in [0.15, 0.2) is 0 Å². The number of carbonyl (C=O) groups is 1. The average molecular weight is 375 g/mol. The van der Waals surface area contributed by atoms with Crippen molar-refractivity contribution >= 4 is 11.6 Å². The van der Waals surface area contributed by atoms with Crippen molar-refractivity contribution in [3.8, 4) is 11.5 Å². The van der Waals surface area contributed by atoms with Crippen LogP contribution in [0.5, 0.6) is 11.5 Å². The average Bonchev–Trinajstić information content (AvgIpc) is 2.73. The lowest BCUT2D eigenvalue weighted by molar-refractivity contribution is 0.102. The summed E-state index contributed by atoms with van der Waals surface area (Å²) in [6, 6.07) is 22.8. The monoisotopic (exact) mass is 375 g/mol. The molecule has 0 saturated carbocycles. The molecule has 0 heterocycles. The summed E-state index contributed by atoms with van der Waals surface area (Å²) in [5.41, 5.74) is 3.38. The molecule has 0 aliphatic heterocycles. The highest BCUT2D eigenvalue weighted by atomic mass is 16.5. The van der Waals surface area contributed by atoms with Gasteiger partial charge in [-0.05, 0) is 53.9 Å². The number of benzene rings is 3. The lowest BCUT2D eigenvalue weighted by Crippen LogP contribution is -2.13. The Morgan fingerprint density at radius 1 is 0.964 bits per heavy atom. The fraction of sp³-hybridized carbons (Fsp3) is 0.208. The molecule has 3 aromatic carbocycles. The second-order valence-electron chi connectivity index (χ2n) is 6.86. The van der Waals surface area contributed by atoms with Crippen LogP contribution in [-0.2, 0) is 6.61 Å². The summed E-state index contributed by atoms with van der Waals surface area (Å²) in [5, 5.41) is 2.94. The third kappa shape index (κ3) is 4.92. The molecule has 28 heavy (non-hydrogen) atoms. The third-order valence-corrected chi connectivity index (χ3v) is 4.52. The van der Waals surface area contributed by atoms with Crippen LogP contribution in [0, 0.1) is 0 Å². The minimum atomic E-state index is -0.166. The van der Waals surface area contributed by atoms with Gasteiger partial charge in [0.25, 0.3) is 5.91 Å².